The van der Waals surface area contributed by atoms with Crippen molar-refractivity contribution in [2.45, 2.75) is 13.1 Å². The highest BCUT2D eigenvalue weighted by Crippen LogP contribution is 2.17. The van der Waals surface area contributed by atoms with Gasteiger partial charge in [0.15, 0.2) is 0 Å². The average molecular weight is 243 g/mol. The van der Waals surface area contributed by atoms with Crippen molar-refractivity contribution in [1.82, 2.24) is 15.3 Å². The van der Waals surface area contributed by atoms with E-state index < -0.39 is 0 Å². The largest absolute Gasteiger partial charge is 0.489 e. The molecule has 4 nitrogen and oxygen atoms in total. The van der Waals surface area contributed by atoms with E-state index in [1.807, 2.05) is 24.4 Å². The van der Waals surface area contributed by atoms with Crippen molar-refractivity contribution in [1.29, 1.82) is 0 Å². The van der Waals surface area contributed by atoms with E-state index in [-0.39, 0.29) is 0 Å². The number of ether oxygens (including phenoxy) is 1. The molecule has 0 fully saturated rings. The van der Waals surface area contributed by atoms with Crippen LogP contribution in [0.1, 0.15) is 11.3 Å². The zero-order valence-electron chi connectivity index (χ0n) is 10.2. The van der Waals surface area contributed by atoms with Crippen molar-refractivity contribution in [3.05, 3.63) is 60.7 Å². The number of benzene rings is 1. The van der Waals surface area contributed by atoms with Crippen LogP contribution >= 0.6 is 0 Å². The van der Waals surface area contributed by atoms with Crippen LogP contribution in [0.15, 0.2) is 49.4 Å². The van der Waals surface area contributed by atoms with E-state index in [2.05, 4.69) is 27.9 Å². The smallest absolute Gasteiger partial charge is 0.124 e. The molecule has 0 aliphatic heterocycles. The molecule has 1 aromatic heterocycles. The maximum absolute atomic E-state index is 5.60. The molecule has 18 heavy (non-hydrogen) atoms. The van der Waals surface area contributed by atoms with Crippen molar-refractivity contribution >= 4 is 0 Å². The van der Waals surface area contributed by atoms with E-state index in [0.717, 1.165) is 30.1 Å². The summed E-state index contributed by atoms with van der Waals surface area (Å²) >= 11 is 0. The van der Waals surface area contributed by atoms with Crippen molar-refractivity contribution < 1.29 is 4.74 Å². The highest BCUT2D eigenvalue weighted by molar-refractivity contribution is 5.33. The molecule has 0 bridgehead atoms. The van der Waals surface area contributed by atoms with Gasteiger partial charge in [-0.25, -0.2) is 4.98 Å². The maximum Gasteiger partial charge on any atom is 0.124 e. The fraction of sp³-hybridized carbons (Fsp3) is 0.214. The monoisotopic (exact) mass is 243 g/mol. The molecule has 0 amide bonds. The molecule has 0 saturated heterocycles. The number of nitrogens with zero attached hydrogens (tertiary/aromatic N) is 1. The highest BCUT2D eigenvalue weighted by atomic mass is 16.5. The van der Waals surface area contributed by atoms with Gasteiger partial charge in [-0.15, -0.1) is 0 Å². The van der Waals surface area contributed by atoms with Crippen molar-refractivity contribution in [3.8, 4) is 5.75 Å². The zero-order chi connectivity index (χ0) is 12.6. The Kier molecular flexibility index (Phi) is 4.55. The molecule has 0 aliphatic rings. The Morgan fingerprint density at radius 2 is 2.22 bits per heavy atom. The summed E-state index contributed by atoms with van der Waals surface area (Å²) in [7, 11) is 0. The average Bonchev–Trinajstić information content (AvgIpc) is 2.91. The van der Waals surface area contributed by atoms with Crippen molar-refractivity contribution in [3.63, 3.8) is 0 Å². The fourth-order valence-electron chi connectivity index (χ4n) is 1.65. The fourth-order valence-corrected chi connectivity index (χ4v) is 1.65. The molecule has 2 N–H and O–H groups in total. The third-order valence-electron chi connectivity index (χ3n) is 2.52. The van der Waals surface area contributed by atoms with Crippen LogP contribution in [0.5, 0.6) is 5.75 Å². The summed E-state index contributed by atoms with van der Waals surface area (Å²) in [4.78, 5) is 7.03. The first-order chi connectivity index (χ1) is 8.90. The predicted molar refractivity (Wildman–Crippen MR) is 71.3 cm³/mol. The number of imidazole rings is 1. The molecule has 0 unspecified atom stereocenters. The second-order valence-corrected chi connectivity index (χ2v) is 3.89. The first-order valence-corrected chi connectivity index (χ1v) is 5.89. The lowest BCUT2D eigenvalue weighted by molar-refractivity contribution is 0.358. The van der Waals surface area contributed by atoms with Gasteiger partial charge >= 0.3 is 0 Å². The van der Waals surface area contributed by atoms with E-state index in [0.29, 0.717) is 6.61 Å². The van der Waals surface area contributed by atoms with Crippen LogP contribution in [0.3, 0.4) is 0 Å². The second-order valence-electron chi connectivity index (χ2n) is 3.89. The lowest BCUT2D eigenvalue weighted by atomic mass is 10.2. The molecular weight excluding hydrogens is 226 g/mol. The molecular formula is C14H17N3O. The number of rotatable bonds is 7. The van der Waals surface area contributed by atoms with E-state index in [4.69, 9.17) is 4.74 Å². The molecule has 4 heteroatoms. The van der Waals surface area contributed by atoms with Crippen molar-refractivity contribution in [2.24, 2.45) is 0 Å². The minimum absolute atomic E-state index is 0.525. The van der Waals surface area contributed by atoms with Gasteiger partial charge in [-0.2, -0.15) is 0 Å². The highest BCUT2D eigenvalue weighted by Gasteiger charge is 2.02. The number of hydrogen-bond donors (Lipinski definition) is 2. The number of hydrogen-bond acceptors (Lipinski definition) is 3. The first kappa shape index (κ1) is 12.4. The summed E-state index contributed by atoms with van der Waals surface area (Å²) < 4.78 is 5.60. The van der Waals surface area contributed by atoms with Crippen LogP contribution in [0.4, 0.5) is 0 Å². The van der Waals surface area contributed by atoms with Gasteiger partial charge in [0.05, 0.1) is 6.33 Å². The summed E-state index contributed by atoms with van der Waals surface area (Å²) in [6, 6.07) is 8.00. The molecule has 0 aliphatic carbocycles. The van der Waals surface area contributed by atoms with Gasteiger partial charge in [0.25, 0.3) is 0 Å². The predicted octanol–water partition coefficient (Wildman–Crippen LogP) is 2.26. The van der Waals surface area contributed by atoms with Gasteiger partial charge < -0.3 is 15.0 Å². The van der Waals surface area contributed by atoms with E-state index in [9.17, 15) is 0 Å². The van der Waals surface area contributed by atoms with E-state index >= 15 is 0 Å². The third-order valence-corrected chi connectivity index (χ3v) is 2.52. The van der Waals surface area contributed by atoms with Crippen molar-refractivity contribution in [2.75, 3.05) is 6.61 Å². The standard InChI is InChI=1S/C14H17N3O/c1-2-7-18-14-6-4-3-5-12(14)8-15-9-13-10-16-11-17-13/h2-6,10-11,15H,1,7-9H2,(H,16,17). The molecule has 1 aromatic carbocycles. The lowest BCUT2D eigenvalue weighted by Crippen LogP contribution is -2.13. The molecule has 2 aromatic rings. The zero-order valence-corrected chi connectivity index (χ0v) is 10.2. The van der Waals surface area contributed by atoms with Gasteiger partial charge in [0.2, 0.25) is 0 Å². The molecule has 1 heterocycles. The third kappa shape index (κ3) is 3.46. The van der Waals surface area contributed by atoms with E-state index in [1.54, 1.807) is 12.4 Å². The quantitative estimate of drug-likeness (QED) is 0.733. The number of para-hydroxylation sites is 1. The van der Waals surface area contributed by atoms with Crippen LogP contribution in [-0.2, 0) is 13.1 Å². The lowest BCUT2D eigenvalue weighted by Gasteiger charge is -2.10. The van der Waals surface area contributed by atoms with Gasteiger partial charge in [0, 0.05) is 30.5 Å². The van der Waals surface area contributed by atoms with Crippen LogP contribution < -0.4 is 10.1 Å². The molecule has 0 saturated carbocycles. The molecule has 94 valence electrons. The number of H-pyrrole nitrogens is 1. The summed E-state index contributed by atoms with van der Waals surface area (Å²) in [5, 5.41) is 3.34. The Hall–Kier alpha value is -2.07. The summed E-state index contributed by atoms with van der Waals surface area (Å²) in [6.45, 7) is 5.69. The SMILES string of the molecule is C=CCOc1ccccc1CNCc1cnc[nH]1. The van der Waals surface area contributed by atoms with Gasteiger partial charge in [-0.1, -0.05) is 30.9 Å². The minimum Gasteiger partial charge on any atom is -0.489 e. The Morgan fingerprint density at radius 3 is 3.00 bits per heavy atom. The molecule has 0 spiro atoms. The summed E-state index contributed by atoms with van der Waals surface area (Å²) in [5.74, 6) is 0.898. The minimum atomic E-state index is 0.525. The van der Waals surface area contributed by atoms with Gasteiger partial charge in [-0.05, 0) is 6.07 Å². The molecule has 2 rings (SSSR count). The molecule has 0 radical (unpaired) electrons. The van der Waals surface area contributed by atoms with Gasteiger partial charge in [-0.3, -0.25) is 0 Å². The van der Waals surface area contributed by atoms with Crippen LogP contribution in [0.25, 0.3) is 0 Å². The number of aromatic nitrogens is 2. The van der Waals surface area contributed by atoms with Crippen LogP contribution in [0.2, 0.25) is 0 Å². The Balaban J connectivity index is 1.89. The molecule has 0 atom stereocenters. The Labute approximate surface area is 107 Å². The Morgan fingerprint density at radius 1 is 1.33 bits per heavy atom. The van der Waals surface area contributed by atoms with Gasteiger partial charge in [0.1, 0.15) is 12.4 Å². The first-order valence-electron chi connectivity index (χ1n) is 5.89. The van der Waals surface area contributed by atoms with Crippen LogP contribution in [0, 0.1) is 0 Å². The number of aromatic amines is 1. The second kappa shape index (κ2) is 6.61. The Bertz CT molecular complexity index is 480. The maximum atomic E-state index is 5.60. The normalized spacial score (nSPS) is 10.2. The summed E-state index contributed by atoms with van der Waals surface area (Å²) in [5.41, 5.74) is 2.21. The van der Waals surface area contributed by atoms with E-state index in [1.165, 1.54) is 0 Å². The summed E-state index contributed by atoms with van der Waals surface area (Å²) in [6.07, 6.45) is 5.24. The topological polar surface area (TPSA) is 49.9 Å². The number of nitrogens with one attached hydrogen (secondary N) is 2. The van der Waals surface area contributed by atoms with Crippen LogP contribution in [-0.4, -0.2) is 16.6 Å².